The van der Waals surface area contributed by atoms with Gasteiger partial charge in [-0.25, -0.2) is 9.59 Å². The van der Waals surface area contributed by atoms with E-state index in [2.05, 4.69) is 97.0 Å². The zero-order valence-corrected chi connectivity index (χ0v) is 49.5. The van der Waals surface area contributed by atoms with E-state index in [0.717, 1.165) is 161 Å². The summed E-state index contributed by atoms with van der Waals surface area (Å²) >= 11 is 0. The molecule has 15 heteroatoms. The first-order valence-corrected chi connectivity index (χ1v) is 31.5. The largest absolute Gasteiger partial charge is 0.478 e. The molecule has 0 bridgehead atoms. The maximum absolute atomic E-state index is 13.8. The number of para-hydroxylation sites is 2. The van der Waals surface area contributed by atoms with E-state index in [9.17, 15) is 24.3 Å². The lowest BCUT2D eigenvalue weighted by Crippen LogP contribution is -2.47. The second-order valence-corrected chi connectivity index (χ2v) is 24.9. The quantitative estimate of drug-likeness (QED) is 0.161. The lowest BCUT2D eigenvalue weighted by atomic mass is 9.81. The van der Waals surface area contributed by atoms with Crippen molar-refractivity contribution >= 4 is 67.4 Å². The number of benzene rings is 4. The Morgan fingerprint density at radius 1 is 0.488 bits per heavy atom. The summed E-state index contributed by atoms with van der Waals surface area (Å²) in [5.41, 5.74) is 14.6. The highest BCUT2D eigenvalue weighted by Gasteiger charge is 2.34. The van der Waals surface area contributed by atoms with Crippen LogP contribution in [0.5, 0.6) is 0 Å². The van der Waals surface area contributed by atoms with Gasteiger partial charge in [0.1, 0.15) is 0 Å². The van der Waals surface area contributed by atoms with Crippen molar-refractivity contribution in [1.82, 2.24) is 37.9 Å². The van der Waals surface area contributed by atoms with E-state index in [1.54, 1.807) is 6.07 Å². The van der Waals surface area contributed by atoms with Gasteiger partial charge in [0.05, 0.1) is 51.8 Å². The van der Waals surface area contributed by atoms with Crippen molar-refractivity contribution < 1.29 is 33.8 Å². The Kier molecular flexibility index (Phi) is 16.0. The molecule has 9 heterocycles. The van der Waals surface area contributed by atoms with Crippen molar-refractivity contribution in [2.45, 2.75) is 128 Å². The van der Waals surface area contributed by atoms with E-state index in [1.807, 2.05) is 34.1 Å². The smallest absolute Gasteiger partial charge is 0.337 e. The van der Waals surface area contributed by atoms with Crippen molar-refractivity contribution in [1.29, 1.82) is 0 Å². The first-order chi connectivity index (χ1) is 41.1. The van der Waals surface area contributed by atoms with E-state index in [-0.39, 0.29) is 17.8 Å². The number of aromatic nitrogens is 4. The molecule has 4 aromatic heterocycles. The number of rotatable bonds is 6. The summed E-state index contributed by atoms with van der Waals surface area (Å²) < 4.78 is 19.5. The van der Waals surface area contributed by atoms with Crippen LogP contribution in [0.3, 0.4) is 0 Å². The lowest BCUT2D eigenvalue weighted by molar-refractivity contribution is 0.0598. The van der Waals surface area contributed by atoms with Crippen LogP contribution >= 0.6 is 0 Å². The first kappa shape index (κ1) is 56.0. The summed E-state index contributed by atoms with van der Waals surface area (Å²) in [6.45, 7) is 12.0. The predicted octanol–water partition coefficient (Wildman–Crippen LogP) is 12.5. The monoisotopic (exact) mass is 1130 g/mol. The SMILES string of the molecule is C1CCOC1.CN1CCN(C(=O)c2cn3c4c(cccc24)-c2c(C4CCCCC4)c4ccc(C(=O)O)cc4n2CCC3)CC1.COC(=O)c1ccc2c(C3CCCCC3)c3n(c2c1)CCCn1cc(C(=O)N2CCN(C)CC2)c2cccc-3c21. The second kappa shape index (κ2) is 24.0. The number of hydrogen-bond donors (Lipinski definition) is 1. The van der Waals surface area contributed by atoms with Crippen LogP contribution in [0, 0.1) is 0 Å². The molecule has 5 fully saturated rings. The Morgan fingerprint density at radius 2 is 0.929 bits per heavy atom. The third-order valence-corrected chi connectivity index (χ3v) is 19.6. The van der Waals surface area contributed by atoms with Gasteiger partial charge in [0.25, 0.3) is 11.8 Å². The summed E-state index contributed by atoms with van der Waals surface area (Å²) in [4.78, 5) is 60.6. The van der Waals surface area contributed by atoms with Crippen LogP contribution in [0.4, 0.5) is 0 Å². The highest BCUT2D eigenvalue weighted by molar-refractivity contribution is 6.13. The Labute approximate surface area is 492 Å². The molecule has 2 aliphatic carbocycles. The van der Waals surface area contributed by atoms with Crippen LogP contribution in [0.1, 0.15) is 154 Å². The molecule has 440 valence electrons. The van der Waals surface area contributed by atoms with Crippen LogP contribution < -0.4 is 0 Å². The number of nitrogens with zero attached hydrogens (tertiary/aromatic N) is 8. The lowest BCUT2D eigenvalue weighted by Gasteiger charge is -2.32. The molecular weight excluding hydrogens is 1050 g/mol. The van der Waals surface area contributed by atoms with Gasteiger partial charge in [-0.2, -0.15) is 0 Å². The molecule has 15 nitrogen and oxygen atoms in total. The highest BCUT2D eigenvalue weighted by Crippen LogP contribution is 2.49. The number of esters is 1. The molecule has 15 rings (SSSR count). The number of ether oxygens (including phenoxy) is 2. The van der Waals surface area contributed by atoms with Crippen LogP contribution in [0.2, 0.25) is 0 Å². The maximum Gasteiger partial charge on any atom is 0.337 e. The number of aryl methyl sites for hydroxylation is 4. The number of piperazine rings is 2. The number of hydrogen-bond acceptors (Lipinski definition) is 8. The molecular formula is C69H82N8O7. The number of carboxylic acid groups (broad SMARTS) is 1. The Hall–Kier alpha value is -7.20. The fourth-order valence-corrected chi connectivity index (χ4v) is 15.2. The number of fused-ring (bicyclic) bond motifs is 8. The molecule has 7 aliphatic rings. The van der Waals surface area contributed by atoms with E-state index >= 15 is 0 Å². The van der Waals surface area contributed by atoms with Gasteiger partial charge in [-0.3, -0.25) is 9.59 Å². The average molecular weight is 1140 g/mol. The minimum Gasteiger partial charge on any atom is -0.478 e. The van der Waals surface area contributed by atoms with Gasteiger partial charge < -0.3 is 52.4 Å². The van der Waals surface area contributed by atoms with Crippen molar-refractivity contribution in [3.63, 3.8) is 0 Å². The summed E-state index contributed by atoms with van der Waals surface area (Å²) in [5, 5.41) is 14.3. The van der Waals surface area contributed by atoms with Crippen molar-refractivity contribution in [2.75, 3.05) is 86.8 Å². The summed E-state index contributed by atoms with van der Waals surface area (Å²) in [5.74, 6) is 0.0243. The number of carbonyl (C=O) groups is 4. The summed E-state index contributed by atoms with van der Waals surface area (Å²) in [7, 11) is 5.67. The zero-order chi connectivity index (χ0) is 57.6. The zero-order valence-electron chi connectivity index (χ0n) is 49.5. The molecule has 1 N–H and O–H groups in total. The predicted molar refractivity (Wildman–Crippen MR) is 332 cm³/mol. The standard InChI is InChI=1S/C33H38N4O3.C32H36N4O3.C4H8O/c1-34-16-18-35(19-17-34)32(38)27-21-36-14-7-15-37-28-20-23(33(39)40-2)12-13-25(28)29(22-8-4-3-5-9-22)31(37)26-11-6-10-24(27)30(26)36;1-33-15-17-34(18-16-33)31(37)26-20-35-13-6-14-36-27-19-22(32(38)39)11-12-24(27)28(21-7-3-2-4-8-21)30(36)25-10-5-9-23(26)29(25)35;1-2-4-5-3-1/h6,10-13,20-22H,3-5,7-9,14-19H2,1-2H3;5,9-12,19-21H,2-4,6-8,13-18H2,1H3,(H,38,39);1-4H2. The number of carboxylic acids is 1. The van der Waals surface area contributed by atoms with Gasteiger partial charge in [0, 0.05) is 148 Å². The Balaban J connectivity index is 0.000000145. The van der Waals surface area contributed by atoms with Crippen LogP contribution in [-0.2, 0) is 35.7 Å². The molecule has 0 radical (unpaired) electrons. The van der Waals surface area contributed by atoms with E-state index in [1.165, 1.54) is 116 Å². The van der Waals surface area contributed by atoms with Gasteiger partial charge in [0.15, 0.2) is 0 Å². The molecule has 2 saturated carbocycles. The molecule has 4 aromatic carbocycles. The van der Waals surface area contributed by atoms with E-state index in [0.29, 0.717) is 23.0 Å². The normalized spacial score (nSPS) is 18.9. The topological polar surface area (TPSA) is 140 Å². The van der Waals surface area contributed by atoms with Crippen LogP contribution in [0.15, 0.2) is 85.2 Å². The number of methoxy groups -OCH3 is 1. The summed E-state index contributed by atoms with van der Waals surface area (Å²) in [6.07, 6.45) is 20.9. The van der Waals surface area contributed by atoms with E-state index < -0.39 is 5.97 Å². The molecule has 0 unspecified atom stereocenters. The molecule has 84 heavy (non-hydrogen) atoms. The van der Waals surface area contributed by atoms with E-state index in [4.69, 9.17) is 9.47 Å². The highest BCUT2D eigenvalue weighted by atomic mass is 16.5. The van der Waals surface area contributed by atoms with Gasteiger partial charge in [-0.05, 0) is 113 Å². The van der Waals surface area contributed by atoms with Gasteiger partial charge in [-0.1, -0.05) is 87.1 Å². The molecule has 8 aromatic rings. The third-order valence-electron chi connectivity index (χ3n) is 19.6. The summed E-state index contributed by atoms with van der Waals surface area (Å²) in [6, 6.07) is 24.7. The fraction of sp³-hybridized carbons (Fsp3) is 0.478. The average Bonchev–Trinajstić information content (AvgIpc) is 2.10. The van der Waals surface area contributed by atoms with Crippen LogP contribution in [-0.4, -0.2) is 154 Å². The number of carbonyl (C=O) groups excluding carboxylic acids is 3. The van der Waals surface area contributed by atoms with Crippen LogP contribution in [0.25, 0.3) is 66.1 Å². The molecule has 5 aliphatic heterocycles. The number of amides is 2. The van der Waals surface area contributed by atoms with Gasteiger partial charge in [-0.15, -0.1) is 0 Å². The molecule has 2 amide bonds. The van der Waals surface area contributed by atoms with Crippen molar-refractivity contribution in [2.24, 2.45) is 0 Å². The third kappa shape index (κ3) is 10.4. The van der Waals surface area contributed by atoms with Gasteiger partial charge in [0.2, 0.25) is 0 Å². The number of likely N-dealkylation sites (N-methyl/N-ethyl adjacent to an activating group) is 2. The second-order valence-electron chi connectivity index (χ2n) is 24.9. The fourth-order valence-electron chi connectivity index (χ4n) is 15.2. The Bertz CT molecular complexity index is 3780. The first-order valence-electron chi connectivity index (χ1n) is 31.5. The molecule has 0 atom stereocenters. The van der Waals surface area contributed by atoms with Gasteiger partial charge >= 0.3 is 11.9 Å². The number of aromatic carboxylic acids is 1. The van der Waals surface area contributed by atoms with Crippen molar-refractivity contribution in [3.05, 3.63) is 119 Å². The minimum atomic E-state index is -0.888. The van der Waals surface area contributed by atoms with Crippen molar-refractivity contribution in [3.8, 4) is 22.5 Å². The molecule has 0 spiro atoms. The Morgan fingerprint density at radius 3 is 1.35 bits per heavy atom. The minimum absolute atomic E-state index is 0.127. The maximum atomic E-state index is 13.8. The molecule has 3 saturated heterocycles.